The van der Waals surface area contributed by atoms with Gasteiger partial charge in [-0.15, -0.1) is 0 Å². The summed E-state index contributed by atoms with van der Waals surface area (Å²) in [6.07, 6.45) is 2.80. The van der Waals surface area contributed by atoms with Crippen LogP contribution in [0.25, 0.3) is 10.2 Å². The summed E-state index contributed by atoms with van der Waals surface area (Å²) in [5, 5.41) is 1.03. The number of benzene rings is 2. The number of hydrogen-bond acceptors (Lipinski definition) is 6. The predicted octanol–water partition coefficient (Wildman–Crippen LogP) is 4.42. The minimum Gasteiger partial charge on any atom is -0.493 e. The summed E-state index contributed by atoms with van der Waals surface area (Å²) in [7, 11) is 3.31. The van der Waals surface area contributed by atoms with E-state index in [0.717, 1.165) is 66.6 Å². The van der Waals surface area contributed by atoms with Crippen molar-refractivity contribution in [2.75, 3.05) is 38.8 Å². The number of amides is 1. The van der Waals surface area contributed by atoms with Crippen LogP contribution in [0.4, 0.5) is 5.13 Å². The first-order valence-corrected chi connectivity index (χ1v) is 12.0. The molecule has 168 valence electrons. The van der Waals surface area contributed by atoms with Crippen molar-refractivity contribution < 1.29 is 14.3 Å². The molecule has 2 aliphatic heterocycles. The maximum absolute atomic E-state index is 13.5. The summed E-state index contributed by atoms with van der Waals surface area (Å²) in [5.41, 5.74) is 4.68. The third kappa shape index (κ3) is 3.90. The van der Waals surface area contributed by atoms with Crippen molar-refractivity contribution >= 4 is 32.6 Å². The first-order valence-electron chi connectivity index (χ1n) is 11.2. The SMILES string of the molecule is COc1cc2c(cc1OC)CN(C(=O)C1CCCN(c3nc4ccc(C)cc4s3)C1)CC2. The van der Waals surface area contributed by atoms with Gasteiger partial charge < -0.3 is 19.3 Å². The molecule has 32 heavy (non-hydrogen) atoms. The second-order valence-electron chi connectivity index (χ2n) is 8.74. The van der Waals surface area contributed by atoms with Gasteiger partial charge in [0.15, 0.2) is 16.6 Å². The number of aryl methyl sites for hydroxylation is 1. The van der Waals surface area contributed by atoms with Gasteiger partial charge in [-0.3, -0.25) is 4.79 Å². The van der Waals surface area contributed by atoms with Crippen molar-refractivity contribution in [2.24, 2.45) is 5.92 Å². The van der Waals surface area contributed by atoms with E-state index in [-0.39, 0.29) is 11.8 Å². The molecular weight excluding hydrogens is 422 g/mol. The highest BCUT2D eigenvalue weighted by Gasteiger charge is 2.32. The molecule has 1 atom stereocenters. The monoisotopic (exact) mass is 451 g/mol. The molecule has 1 aromatic heterocycles. The Bertz CT molecular complexity index is 1160. The molecule has 3 aromatic rings. The van der Waals surface area contributed by atoms with Crippen LogP contribution in [0.3, 0.4) is 0 Å². The molecule has 2 aliphatic rings. The van der Waals surface area contributed by atoms with Gasteiger partial charge in [0.05, 0.1) is 30.4 Å². The zero-order valence-corrected chi connectivity index (χ0v) is 19.7. The Kier molecular flexibility index (Phi) is 5.67. The van der Waals surface area contributed by atoms with Gasteiger partial charge in [-0.05, 0) is 67.1 Å². The fourth-order valence-electron chi connectivity index (χ4n) is 4.84. The van der Waals surface area contributed by atoms with Gasteiger partial charge in [-0.2, -0.15) is 0 Å². The molecule has 5 rings (SSSR count). The van der Waals surface area contributed by atoms with Gasteiger partial charge in [0, 0.05) is 26.2 Å². The van der Waals surface area contributed by atoms with E-state index in [9.17, 15) is 4.79 Å². The number of aromatic nitrogens is 1. The van der Waals surface area contributed by atoms with Crippen LogP contribution < -0.4 is 14.4 Å². The van der Waals surface area contributed by atoms with Crippen LogP contribution in [0, 0.1) is 12.8 Å². The Morgan fingerprint density at radius 1 is 1.09 bits per heavy atom. The van der Waals surface area contributed by atoms with Gasteiger partial charge in [-0.25, -0.2) is 4.98 Å². The molecule has 6 nitrogen and oxygen atoms in total. The average Bonchev–Trinajstić information content (AvgIpc) is 3.25. The van der Waals surface area contributed by atoms with E-state index in [1.165, 1.54) is 15.8 Å². The van der Waals surface area contributed by atoms with E-state index >= 15 is 0 Å². The van der Waals surface area contributed by atoms with Crippen LogP contribution in [0.1, 0.15) is 29.5 Å². The number of carbonyl (C=O) groups excluding carboxylic acids is 1. The van der Waals surface area contributed by atoms with Crippen LogP contribution in [-0.2, 0) is 17.8 Å². The maximum atomic E-state index is 13.5. The highest BCUT2D eigenvalue weighted by molar-refractivity contribution is 7.22. The third-order valence-corrected chi connectivity index (χ3v) is 7.68. The number of hydrogen-bond donors (Lipinski definition) is 0. The van der Waals surface area contributed by atoms with Gasteiger partial charge in [0.25, 0.3) is 0 Å². The lowest BCUT2D eigenvalue weighted by Gasteiger charge is -2.36. The van der Waals surface area contributed by atoms with E-state index < -0.39 is 0 Å². The van der Waals surface area contributed by atoms with Crippen molar-refractivity contribution in [3.05, 3.63) is 47.0 Å². The fourth-order valence-corrected chi connectivity index (χ4v) is 5.94. The lowest BCUT2D eigenvalue weighted by molar-refractivity contribution is -0.136. The molecule has 7 heteroatoms. The molecular formula is C25H29N3O3S. The Morgan fingerprint density at radius 3 is 2.66 bits per heavy atom. The van der Waals surface area contributed by atoms with Crippen LogP contribution in [0.5, 0.6) is 11.5 Å². The highest BCUT2D eigenvalue weighted by atomic mass is 32.1. The zero-order valence-electron chi connectivity index (χ0n) is 18.9. The van der Waals surface area contributed by atoms with Crippen molar-refractivity contribution in [1.82, 2.24) is 9.88 Å². The number of carbonyl (C=O) groups is 1. The summed E-state index contributed by atoms with van der Waals surface area (Å²) in [6, 6.07) is 10.5. The van der Waals surface area contributed by atoms with E-state index in [4.69, 9.17) is 14.5 Å². The fraction of sp³-hybridized carbons (Fsp3) is 0.440. The zero-order chi connectivity index (χ0) is 22.2. The summed E-state index contributed by atoms with van der Waals surface area (Å²) in [5.74, 6) is 1.74. The molecule has 2 aromatic carbocycles. The number of piperidine rings is 1. The number of nitrogens with zero attached hydrogens (tertiary/aromatic N) is 3. The van der Waals surface area contributed by atoms with Gasteiger partial charge in [0.1, 0.15) is 0 Å². The summed E-state index contributed by atoms with van der Waals surface area (Å²) in [6.45, 7) is 5.19. The van der Waals surface area contributed by atoms with Crippen molar-refractivity contribution in [3.8, 4) is 11.5 Å². The van der Waals surface area contributed by atoms with Crippen molar-refractivity contribution in [1.29, 1.82) is 0 Å². The predicted molar refractivity (Wildman–Crippen MR) is 128 cm³/mol. The summed E-state index contributed by atoms with van der Waals surface area (Å²) in [4.78, 5) is 22.6. The smallest absolute Gasteiger partial charge is 0.227 e. The standard InChI is InChI=1S/C25H29N3O3S/c1-16-6-7-20-23(11-16)32-25(26-20)28-9-4-5-18(14-28)24(29)27-10-8-17-12-21(30-2)22(31-3)13-19(17)15-27/h6-7,11-13,18H,4-5,8-10,14-15H2,1-3H3. The van der Waals surface area contributed by atoms with Crippen LogP contribution in [0.15, 0.2) is 30.3 Å². The molecule has 0 saturated carbocycles. The largest absolute Gasteiger partial charge is 0.493 e. The Labute approximate surface area is 192 Å². The highest BCUT2D eigenvalue weighted by Crippen LogP contribution is 2.35. The number of thiazole rings is 1. The second kappa shape index (κ2) is 8.62. The second-order valence-corrected chi connectivity index (χ2v) is 9.75. The molecule has 1 unspecified atom stereocenters. The molecule has 3 heterocycles. The normalized spacial score (nSPS) is 18.5. The van der Waals surface area contributed by atoms with Crippen molar-refractivity contribution in [2.45, 2.75) is 32.7 Å². The van der Waals surface area contributed by atoms with Crippen molar-refractivity contribution in [3.63, 3.8) is 0 Å². The number of fused-ring (bicyclic) bond motifs is 2. The lowest BCUT2D eigenvalue weighted by Crippen LogP contribution is -2.46. The summed E-state index contributed by atoms with van der Waals surface area (Å²) < 4.78 is 12.1. The maximum Gasteiger partial charge on any atom is 0.227 e. The van der Waals surface area contributed by atoms with Crippen LogP contribution in [0.2, 0.25) is 0 Å². The van der Waals surface area contributed by atoms with Crippen LogP contribution in [-0.4, -0.2) is 49.6 Å². The van der Waals surface area contributed by atoms with Gasteiger partial charge in [-0.1, -0.05) is 17.4 Å². The molecule has 1 saturated heterocycles. The summed E-state index contributed by atoms with van der Waals surface area (Å²) >= 11 is 1.73. The first kappa shape index (κ1) is 21.1. The number of anilines is 1. The Morgan fingerprint density at radius 2 is 1.88 bits per heavy atom. The first-order chi connectivity index (χ1) is 15.6. The van der Waals surface area contributed by atoms with E-state index in [1.807, 2.05) is 17.0 Å². The number of ether oxygens (including phenoxy) is 2. The molecule has 0 N–H and O–H groups in total. The molecule has 1 fully saturated rings. The van der Waals surface area contributed by atoms with Gasteiger partial charge in [0.2, 0.25) is 5.91 Å². The minimum atomic E-state index is 0.0131. The third-order valence-electron chi connectivity index (χ3n) is 6.60. The molecule has 1 amide bonds. The minimum absolute atomic E-state index is 0.0131. The molecule has 0 bridgehead atoms. The quantitative estimate of drug-likeness (QED) is 0.588. The number of rotatable bonds is 4. The Balaban J connectivity index is 1.31. The average molecular weight is 452 g/mol. The van der Waals surface area contributed by atoms with Crippen LogP contribution >= 0.6 is 11.3 Å². The molecule has 0 spiro atoms. The Hall–Kier alpha value is -2.80. The topological polar surface area (TPSA) is 54.9 Å². The van der Waals surface area contributed by atoms with Gasteiger partial charge >= 0.3 is 0 Å². The molecule has 0 radical (unpaired) electrons. The molecule has 0 aliphatic carbocycles. The number of methoxy groups -OCH3 is 2. The lowest BCUT2D eigenvalue weighted by atomic mass is 9.94. The van der Waals surface area contributed by atoms with E-state index in [1.54, 1.807) is 25.6 Å². The van der Waals surface area contributed by atoms with E-state index in [2.05, 4.69) is 30.0 Å². The van der Waals surface area contributed by atoms with E-state index in [0.29, 0.717) is 6.54 Å².